The third kappa shape index (κ3) is 3.64. The van der Waals surface area contributed by atoms with Crippen molar-refractivity contribution in [3.63, 3.8) is 0 Å². The average molecular weight is 328 g/mol. The summed E-state index contributed by atoms with van der Waals surface area (Å²) in [7, 11) is 0. The molecule has 2 rings (SSSR count). The Morgan fingerprint density at radius 2 is 2.06 bits per heavy atom. The Morgan fingerprint density at radius 3 is 2.72 bits per heavy atom. The third-order valence-electron chi connectivity index (χ3n) is 2.82. The lowest BCUT2D eigenvalue weighted by molar-refractivity contribution is 0.564. The van der Waals surface area contributed by atoms with Gasteiger partial charge in [-0.3, -0.25) is 0 Å². The van der Waals surface area contributed by atoms with E-state index in [2.05, 4.69) is 40.3 Å². The van der Waals surface area contributed by atoms with E-state index >= 15 is 0 Å². The Bertz CT molecular complexity index is 512. The van der Waals surface area contributed by atoms with Gasteiger partial charge in [-0.15, -0.1) is 11.3 Å². The topological polar surface area (TPSA) is 12.0 Å². The van der Waals surface area contributed by atoms with Crippen LogP contribution in [0, 0.1) is 5.82 Å². The molecular formula is C14H15BrFNS. The first kappa shape index (κ1) is 13.7. The van der Waals surface area contributed by atoms with Crippen LogP contribution in [0.15, 0.2) is 40.2 Å². The summed E-state index contributed by atoms with van der Waals surface area (Å²) in [6, 6.07) is 11.4. The first-order valence-electron chi connectivity index (χ1n) is 5.89. The largest absolute Gasteiger partial charge is 0.309 e. The third-order valence-corrected chi connectivity index (χ3v) is 4.63. The Balaban J connectivity index is 1.84. The van der Waals surface area contributed by atoms with Crippen molar-refractivity contribution in [3.05, 3.63) is 56.4 Å². The van der Waals surface area contributed by atoms with Crippen LogP contribution >= 0.6 is 27.3 Å². The SMILES string of the molecule is CC(NCCc1ccccc1F)c1ccc(Br)s1. The zero-order valence-electron chi connectivity index (χ0n) is 10.1. The predicted octanol–water partition coefficient (Wildman–Crippen LogP) is 4.54. The fourth-order valence-corrected chi connectivity index (χ4v) is 3.24. The van der Waals surface area contributed by atoms with E-state index in [4.69, 9.17) is 0 Å². The van der Waals surface area contributed by atoms with Crippen LogP contribution in [0.25, 0.3) is 0 Å². The number of thiophene rings is 1. The van der Waals surface area contributed by atoms with E-state index in [0.717, 1.165) is 15.9 Å². The van der Waals surface area contributed by atoms with Gasteiger partial charge in [0.05, 0.1) is 3.79 Å². The van der Waals surface area contributed by atoms with Crippen LogP contribution in [0.4, 0.5) is 4.39 Å². The summed E-state index contributed by atoms with van der Waals surface area (Å²) >= 11 is 5.18. The van der Waals surface area contributed by atoms with E-state index in [9.17, 15) is 4.39 Å². The molecule has 0 aliphatic rings. The van der Waals surface area contributed by atoms with Crippen molar-refractivity contribution < 1.29 is 4.39 Å². The number of hydrogen-bond acceptors (Lipinski definition) is 2. The van der Waals surface area contributed by atoms with Gasteiger partial charge in [0.25, 0.3) is 0 Å². The molecule has 0 radical (unpaired) electrons. The van der Waals surface area contributed by atoms with Gasteiger partial charge in [-0.2, -0.15) is 0 Å². The molecule has 0 fully saturated rings. The molecular weight excluding hydrogens is 313 g/mol. The van der Waals surface area contributed by atoms with Crippen LogP contribution in [-0.4, -0.2) is 6.54 Å². The molecule has 0 aliphatic carbocycles. The van der Waals surface area contributed by atoms with Gasteiger partial charge in [0, 0.05) is 10.9 Å². The molecule has 1 N–H and O–H groups in total. The highest BCUT2D eigenvalue weighted by atomic mass is 79.9. The minimum atomic E-state index is -0.120. The highest BCUT2D eigenvalue weighted by Gasteiger charge is 2.07. The maximum Gasteiger partial charge on any atom is 0.126 e. The average Bonchev–Trinajstić information content (AvgIpc) is 2.78. The summed E-state index contributed by atoms with van der Waals surface area (Å²) in [5.41, 5.74) is 0.768. The van der Waals surface area contributed by atoms with Crippen LogP contribution in [0.3, 0.4) is 0 Å². The summed E-state index contributed by atoms with van der Waals surface area (Å²) in [5.74, 6) is -0.120. The first-order chi connectivity index (χ1) is 8.66. The fourth-order valence-electron chi connectivity index (χ4n) is 1.79. The number of rotatable bonds is 5. The molecule has 1 aromatic carbocycles. The van der Waals surface area contributed by atoms with E-state index in [1.54, 1.807) is 17.4 Å². The van der Waals surface area contributed by atoms with E-state index in [-0.39, 0.29) is 5.82 Å². The Hall–Kier alpha value is -0.710. The maximum absolute atomic E-state index is 13.4. The quantitative estimate of drug-likeness (QED) is 0.849. The molecule has 18 heavy (non-hydrogen) atoms. The Morgan fingerprint density at radius 1 is 1.28 bits per heavy atom. The standard InChI is InChI=1S/C14H15BrFNS/c1-10(13-6-7-14(15)18-13)17-9-8-11-4-2-3-5-12(11)16/h2-7,10,17H,8-9H2,1H3. The fraction of sp³-hybridized carbons (Fsp3) is 0.286. The van der Waals surface area contributed by atoms with Gasteiger partial charge in [0.2, 0.25) is 0 Å². The molecule has 1 atom stereocenters. The predicted molar refractivity (Wildman–Crippen MR) is 78.5 cm³/mol. The summed E-state index contributed by atoms with van der Waals surface area (Å²) in [6.07, 6.45) is 0.712. The summed E-state index contributed by atoms with van der Waals surface area (Å²) in [5, 5.41) is 3.41. The highest BCUT2D eigenvalue weighted by Crippen LogP contribution is 2.26. The van der Waals surface area contributed by atoms with Crippen molar-refractivity contribution in [1.29, 1.82) is 0 Å². The van der Waals surface area contributed by atoms with Gasteiger partial charge < -0.3 is 5.32 Å². The summed E-state index contributed by atoms with van der Waals surface area (Å²) < 4.78 is 14.5. The molecule has 0 amide bonds. The van der Waals surface area contributed by atoms with Crippen molar-refractivity contribution in [3.8, 4) is 0 Å². The van der Waals surface area contributed by atoms with Crippen LogP contribution in [0.2, 0.25) is 0 Å². The van der Waals surface area contributed by atoms with Crippen molar-refractivity contribution in [2.45, 2.75) is 19.4 Å². The molecule has 1 unspecified atom stereocenters. The second-order valence-corrected chi connectivity index (χ2v) is 6.65. The molecule has 1 nitrogen and oxygen atoms in total. The van der Waals surface area contributed by atoms with Gasteiger partial charge in [-0.25, -0.2) is 4.39 Å². The lowest BCUT2D eigenvalue weighted by Crippen LogP contribution is -2.20. The lowest BCUT2D eigenvalue weighted by atomic mass is 10.1. The van der Waals surface area contributed by atoms with Crippen LogP contribution in [-0.2, 0) is 6.42 Å². The normalized spacial score (nSPS) is 12.6. The van der Waals surface area contributed by atoms with E-state index < -0.39 is 0 Å². The van der Waals surface area contributed by atoms with E-state index in [1.807, 2.05) is 12.1 Å². The summed E-state index contributed by atoms with van der Waals surface area (Å²) in [6.45, 7) is 2.90. The van der Waals surface area contributed by atoms with Gasteiger partial charge in [0.15, 0.2) is 0 Å². The first-order valence-corrected chi connectivity index (χ1v) is 7.50. The molecule has 0 bridgehead atoms. The van der Waals surface area contributed by atoms with Crippen LogP contribution < -0.4 is 5.32 Å². The van der Waals surface area contributed by atoms with Crippen molar-refractivity contribution >= 4 is 27.3 Å². The van der Waals surface area contributed by atoms with Crippen molar-refractivity contribution in [1.82, 2.24) is 5.32 Å². The molecule has 2 aromatic rings. The minimum absolute atomic E-state index is 0.120. The van der Waals surface area contributed by atoms with E-state index in [0.29, 0.717) is 12.5 Å². The molecule has 4 heteroatoms. The maximum atomic E-state index is 13.4. The smallest absolute Gasteiger partial charge is 0.126 e. The van der Waals surface area contributed by atoms with Gasteiger partial charge in [-0.1, -0.05) is 18.2 Å². The molecule has 0 saturated carbocycles. The highest BCUT2D eigenvalue weighted by molar-refractivity contribution is 9.11. The Labute approximate surface area is 119 Å². The van der Waals surface area contributed by atoms with Gasteiger partial charge in [-0.05, 0) is 59.6 Å². The zero-order chi connectivity index (χ0) is 13.0. The monoisotopic (exact) mass is 327 g/mol. The molecule has 1 heterocycles. The number of nitrogens with one attached hydrogen (secondary N) is 1. The zero-order valence-corrected chi connectivity index (χ0v) is 12.5. The summed E-state index contributed by atoms with van der Waals surface area (Å²) in [4.78, 5) is 1.29. The second kappa shape index (κ2) is 6.45. The molecule has 0 spiro atoms. The van der Waals surface area contributed by atoms with Crippen molar-refractivity contribution in [2.24, 2.45) is 0 Å². The van der Waals surface area contributed by atoms with Gasteiger partial charge in [0.1, 0.15) is 5.82 Å². The molecule has 1 aromatic heterocycles. The number of benzene rings is 1. The van der Waals surface area contributed by atoms with Crippen molar-refractivity contribution in [2.75, 3.05) is 6.54 Å². The molecule has 96 valence electrons. The molecule has 0 saturated heterocycles. The number of hydrogen-bond donors (Lipinski definition) is 1. The second-order valence-electron chi connectivity index (χ2n) is 4.16. The number of halogens is 2. The minimum Gasteiger partial charge on any atom is -0.309 e. The van der Waals surface area contributed by atoms with Crippen LogP contribution in [0.5, 0.6) is 0 Å². The van der Waals surface area contributed by atoms with E-state index in [1.165, 1.54) is 10.9 Å². The van der Waals surface area contributed by atoms with Crippen LogP contribution in [0.1, 0.15) is 23.4 Å². The Kier molecular flexibility index (Phi) is 4.92. The molecule has 0 aliphatic heterocycles. The van der Waals surface area contributed by atoms with Gasteiger partial charge >= 0.3 is 0 Å². The lowest BCUT2D eigenvalue weighted by Gasteiger charge is -2.12.